The summed E-state index contributed by atoms with van der Waals surface area (Å²) in [4.78, 5) is 25.4. The Morgan fingerprint density at radius 1 is 1.53 bits per heavy atom. The summed E-state index contributed by atoms with van der Waals surface area (Å²) in [6.45, 7) is 3.54. The van der Waals surface area contributed by atoms with Crippen LogP contribution >= 0.6 is 11.3 Å². The van der Waals surface area contributed by atoms with Crippen LogP contribution in [-0.4, -0.2) is 35.0 Å². The second-order valence-corrected chi connectivity index (χ2v) is 5.64. The normalized spacial score (nSPS) is 14.8. The third-order valence-corrected chi connectivity index (χ3v) is 4.00. The zero-order valence-electron chi connectivity index (χ0n) is 10.8. The molecular weight excluding hydrogens is 262 g/mol. The molecule has 1 aliphatic rings. The van der Waals surface area contributed by atoms with Crippen molar-refractivity contribution in [1.82, 2.24) is 4.90 Å². The van der Waals surface area contributed by atoms with E-state index in [0.29, 0.717) is 18.0 Å². The first-order valence-corrected chi connectivity index (χ1v) is 7.27. The molecule has 1 fully saturated rings. The topological polar surface area (TPSA) is 57.6 Å². The zero-order valence-corrected chi connectivity index (χ0v) is 11.7. The number of carbonyl (C=O) groups is 2. The van der Waals surface area contributed by atoms with Gasteiger partial charge in [0.2, 0.25) is 0 Å². The van der Waals surface area contributed by atoms with E-state index in [1.165, 1.54) is 30.3 Å². The molecule has 0 bridgehead atoms. The van der Waals surface area contributed by atoms with E-state index < -0.39 is 5.97 Å². The van der Waals surface area contributed by atoms with Crippen LogP contribution in [0.25, 0.3) is 6.08 Å². The first-order valence-electron chi connectivity index (χ1n) is 6.39. The maximum Gasteiger partial charge on any atom is 0.328 e. The molecular formula is C14H17NO3S. The molecule has 1 saturated carbocycles. The molecule has 1 heterocycles. The Hall–Kier alpha value is -1.62. The molecule has 4 nitrogen and oxygen atoms in total. The van der Waals surface area contributed by atoms with Crippen LogP contribution in [0.2, 0.25) is 0 Å². The van der Waals surface area contributed by atoms with Crippen molar-refractivity contribution in [3.8, 4) is 0 Å². The molecule has 1 aliphatic carbocycles. The Kier molecular flexibility index (Phi) is 4.37. The zero-order chi connectivity index (χ0) is 13.8. The molecule has 1 aromatic rings. The van der Waals surface area contributed by atoms with E-state index in [0.717, 1.165) is 17.5 Å². The highest BCUT2D eigenvalue weighted by Crippen LogP contribution is 2.30. The lowest BCUT2D eigenvalue weighted by molar-refractivity contribution is -0.131. The van der Waals surface area contributed by atoms with Crippen LogP contribution in [0.15, 0.2) is 17.5 Å². The van der Waals surface area contributed by atoms with Gasteiger partial charge in [0.1, 0.15) is 0 Å². The molecule has 0 unspecified atom stereocenters. The Bertz CT molecular complexity index is 503. The van der Waals surface area contributed by atoms with Crippen LogP contribution in [0.1, 0.15) is 35.0 Å². The van der Waals surface area contributed by atoms with Crippen LogP contribution in [0.5, 0.6) is 0 Å². The summed E-state index contributed by atoms with van der Waals surface area (Å²) < 4.78 is 0. The maximum atomic E-state index is 12.3. The van der Waals surface area contributed by atoms with Crippen molar-refractivity contribution in [3.05, 3.63) is 28.0 Å². The highest BCUT2D eigenvalue weighted by atomic mass is 32.1. The van der Waals surface area contributed by atoms with Crippen molar-refractivity contribution in [2.75, 3.05) is 13.1 Å². The summed E-state index contributed by atoms with van der Waals surface area (Å²) in [6, 6.07) is 1.75. The van der Waals surface area contributed by atoms with Crippen molar-refractivity contribution in [3.63, 3.8) is 0 Å². The van der Waals surface area contributed by atoms with Gasteiger partial charge in [0.15, 0.2) is 0 Å². The second-order valence-electron chi connectivity index (χ2n) is 4.70. The van der Waals surface area contributed by atoms with E-state index in [1.807, 2.05) is 11.8 Å². The quantitative estimate of drug-likeness (QED) is 0.815. The summed E-state index contributed by atoms with van der Waals surface area (Å²) in [7, 11) is 0. The largest absolute Gasteiger partial charge is 0.478 e. The molecule has 5 heteroatoms. The van der Waals surface area contributed by atoms with Gasteiger partial charge in [0.05, 0.1) is 5.56 Å². The first-order chi connectivity index (χ1) is 9.10. The van der Waals surface area contributed by atoms with E-state index in [1.54, 1.807) is 11.4 Å². The highest BCUT2D eigenvalue weighted by molar-refractivity contribution is 7.11. The molecule has 1 aromatic heterocycles. The molecule has 1 amide bonds. The average molecular weight is 279 g/mol. The number of amides is 1. The highest BCUT2D eigenvalue weighted by Gasteiger charge is 2.26. The minimum Gasteiger partial charge on any atom is -0.478 e. The molecule has 0 saturated heterocycles. The molecule has 0 atom stereocenters. The molecule has 19 heavy (non-hydrogen) atoms. The van der Waals surface area contributed by atoms with Gasteiger partial charge in [0, 0.05) is 29.4 Å². The Labute approximate surface area is 116 Å². The fourth-order valence-corrected chi connectivity index (χ4v) is 2.63. The van der Waals surface area contributed by atoms with Gasteiger partial charge in [-0.3, -0.25) is 4.79 Å². The van der Waals surface area contributed by atoms with Gasteiger partial charge in [-0.2, -0.15) is 0 Å². The van der Waals surface area contributed by atoms with Gasteiger partial charge in [-0.25, -0.2) is 4.79 Å². The van der Waals surface area contributed by atoms with Gasteiger partial charge >= 0.3 is 5.97 Å². The molecule has 1 N–H and O–H groups in total. The van der Waals surface area contributed by atoms with Crippen LogP contribution in [0.3, 0.4) is 0 Å². The van der Waals surface area contributed by atoms with Crippen LogP contribution in [0.4, 0.5) is 0 Å². The van der Waals surface area contributed by atoms with E-state index in [9.17, 15) is 9.59 Å². The predicted octanol–water partition coefficient (Wildman–Crippen LogP) is 2.72. The van der Waals surface area contributed by atoms with Crippen molar-refractivity contribution in [2.45, 2.75) is 19.8 Å². The summed E-state index contributed by atoms with van der Waals surface area (Å²) in [5.41, 5.74) is 0.650. The number of thiophene rings is 1. The molecule has 0 radical (unpaired) electrons. The number of aliphatic carboxylic acids is 1. The van der Waals surface area contributed by atoms with E-state index in [2.05, 4.69) is 0 Å². The standard InChI is InChI=1S/C14H17NO3S/c1-2-15(8-10-3-4-10)14(18)11-7-12(19-9-11)5-6-13(16)17/h5-7,9-10H,2-4,8H2,1H3,(H,16,17). The third kappa shape index (κ3) is 3.92. The minimum absolute atomic E-state index is 0.0422. The predicted molar refractivity (Wildman–Crippen MR) is 75.3 cm³/mol. The second kappa shape index (κ2) is 6.02. The average Bonchev–Trinajstić information content (AvgIpc) is 3.08. The lowest BCUT2D eigenvalue weighted by Crippen LogP contribution is -2.32. The van der Waals surface area contributed by atoms with Gasteiger partial charge in [-0.15, -0.1) is 11.3 Å². The molecule has 0 aliphatic heterocycles. The number of carboxylic acids is 1. The van der Waals surface area contributed by atoms with E-state index in [-0.39, 0.29) is 5.91 Å². The van der Waals surface area contributed by atoms with Crippen molar-refractivity contribution >= 4 is 29.3 Å². The number of hydrogen-bond acceptors (Lipinski definition) is 3. The number of hydrogen-bond donors (Lipinski definition) is 1. The Morgan fingerprint density at radius 3 is 2.84 bits per heavy atom. The van der Waals surface area contributed by atoms with Gasteiger partial charge in [0.25, 0.3) is 5.91 Å². The number of carboxylic acid groups (broad SMARTS) is 1. The Balaban J connectivity index is 2.03. The fourth-order valence-electron chi connectivity index (χ4n) is 1.86. The summed E-state index contributed by atoms with van der Waals surface area (Å²) in [5, 5.41) is 10.4. The fraction of sp³-hybridized carbons (Fsp3) is 0.429. The van der Waals surface area contributed by atoms with Crippen molar-refractivity contribution < 1.29 is 14.7 Å². The number of rotatable bonds is 6. The smallest absolute Gasteiger partial charge is 0.328 e. The van der Waals surface area contributed by atoms with Crippen molar-refractivity contribution in [1.29, 1.82) is 0 Å². The Morgan fingerprint density at radius 2 is 2.26 bits per heavy atom. The van der Waals surface area contributed by atoms with E-state index >= 15 is 0 Å². The van der Waals surface area contributed by atoms with Gasteiger partial charge < -0.3 is 10.0 Å². The molecule has 0 spiro atoms. The molecule has 2 rings (SSSR count). The molecule has 102 valence electrons. The summed E-state index contributed by atoms with van der Waals surface area (Å²) in [5.74, 6) is -0.264. The van der Waals surface area contributed by atoms with Crippen LogP contribution in [0, 0.1) is 5.92 Å². The van der Waals surface area contributed by atoms with E-state index in [4.69, 9.17) is 5.11 Å². The monoisotopic (exact) mass is 279 g/mol. The summed E-state index contributed by atoms with van der Waals surface area (Å²) in [6.07, 6.45) is 5.04. The van der Waals surface area contributed by atoms with Crippen molar-refractivity contribution in [2.24, 2.45) is 5.92 Å². The lowest BCUT2D eigenvalue weighted by atomic mass is 10.2. The van der Waals surface area contributed by atoms with Crippen LogP contribution < -0.4 is 0 Å². The third-order valence-electron chi connectivity index (χ3n) is 3.10. The SMILES string of the molecule is CCN(CC1CC1)C(=O)c1csc(C=CC(=O)O)c1. The van der Waals surface area contributed by atoms with Gasteiger partial charge in [-0.1, -0.05) is 0 Å². The molecule has 0 aromatic carbocycles. The maximum absolute atomic E-state index is 12.3. The van der Waals surface area contributed by atoms with Crippen LogP contribution in [-0.2, 0) is 4.79 Å². The van der Waals surface area contributed by atoms with Gasteiger partial charge in [-0.05, 0) is 37.8 Å². The lowest BCUT2D eigenvalue weighted by Gasteiger charge is -2.19. The number of nitrogens with zero attached hydrogens (tertiary/aromatic N) is 1. The summed E-state index contributed by atoms with van der Waals surface area (Å²) >= 11 is 1.38. The number of carbonyl (C=O) groups excluding carboxylic acids is 1. The minimum atomic E-state index is -0.981. The first kappa shape index (κ1) is 13.8.